The second-order valence-corrected chi connectivity index (χ2v) is 3.88. The minimum atomic E-state index is -0.846. The average Bonchev–Trinajstić information content (AvgIpc) is 2.78. The van der Waals surface area contributed by atoms with Crippen molar-refractivity contribution in [3.05, 3.63) is 30.5 Å². The zero-order valence-electron chi connectivity index (χ0n) is 9.30. The molecule has 0 aliphatic carbocycles. The van der Waals surface area contributed by atoms with Gasteiger partial charge in [0.1, 0.15) is 12.1 Å². The van der Waals surface area contributed by atoms with Crippen molar-refractivity contribution in [1.82, 2.24) is 10.3 Å². The standard InChI is InChI=1S/C12H14N2O3/c1-2-8-4-3-5-13-11(8)17-9-6-10(12(15)16)14-7-9/h2-5,9-10,14H,1,6-7H2,(H,15,16)/t9-,10+/m1/s1. The molecule has 0 unspecified atom stereocenters. The maximum Gasteiger partial charge on any atom is 0.320 e. The predicted molar refractivity (Wildman–Crippen MR) is 62.8 cm³/mol. The third kappa shape index (κ3) is 2.62. The van der Waals surface area contributed by atoms with Crippen molar-refractivity contribution in [1.29, 1.82) is 0 Å². The number of carbonyl (C=O) groups is 1. The van der Waals surface area contributed by atoms with Crippen LogP contribution in [0.5, 0.6) is 5.88 Å². The van der Waals surface area contributed by atoms with Crippen LogP contribution in [0, 0.1) is 0 Å². The van der Waals surface area contributed by atoms with E-state index in [1.807, 2.05) is 6.07 Å². The Morgan fingerprint density at radius 2 is 2.53 bits per heavy atom. The van der Waals surface area contributed by atoms with Crippen LogP contribution in [0.1, 0.15) is 12.0 Å². The van der Waals surface area contributed by atoms with Gasteiger partial charge < -0.3 is 15.2 Å². The quantitative estimate of drug-likeness (QED) is 0.810. The lowest BCUT2D eigenvalue weighted by Crippen LogP contribution is -2.30. The van der Waals surface area contributed by atoms with Gasteiger partial charge in [0.25, 0.3) is 0 Å². The Hall–Kier alpha value is -1.88. The minimum absolute atomic E-state index is 0.162. The fraction of sp³-hybridized carbons (Fsp3) is 0.333. The molecule has 2 rings (SSSR count). The number of carboxylic acid groups (broad SMARTS) is 1. The molecule has 1 aliphatic rings. The summed E-state index contributed by atoms with van der Waals surface area (Å²) in [5.74, 6) is -0.346. The first-order chi connectivity index (χ1) is 8.20. The Morgan fingerprint density at radius 3 is 3.18 bits per heavy atom. The van der Waals surface area contributed by atoms with Crippen molar-refractivity contribution in [2.24, 2.45) is 0 Å². The molecule has 1 fully saturated rings. The molecule has 0 radical (unpaired) electrons. The molecule has 5 nitrogen and oxygen atoms in total. The fourth-order valence-corrected chi connectivity index (χ4v) is 1.80. The normalized spacial score (nSPS) is 23.3. The van der Waals surface area contributed by atoms with E-state index in [1.54, 1.807) is 18.3 Å². The van der Waals surface area contributed by atoms with Crippen LogP contribution >= 0.6 is 0 Å². The number of carboxylic acids is 1. The summed E-state index contributed by atoms with van der Waals surface area (Å²) >= 11 is 0. The van der Waals surface area contributed by atoms with Crippen LogP contribution < -0.4 is 10.1 Å². The molecule has 1 aromatic heterocycles. The number of rotatable bonds is 4. The number of ether oxygens (including phenoxy) is 1. The third-order valence-electron chi connectivity index (χ3n) is 2.69. The summed E-state index contributed by atoms with van der Waals surface area (Å²) in [6.45, 7) is 4.20. The van der Waals surface area contributed by atoms with Crippen LogP contribution in [0.4, 0.5) is 0 Å². The van der Waals surface area contributed by atoms with Gasteiger partial charge in [0.05, 0.1) is 0 Å². The average molecular weight is 234 g/mol. The van der Waals surface area contributed by atoms with Gasteiger partial charge in [-0.3, -0.25) is 4.79 Å². The smallest absolute Gasteiger partial charge is 0.320 e. The Labute approximate surface area is 99.1 Å². The van der Waals surface area contributed by atoms with Crippen LogP contribution in [0.15, 0.2) is 24.9 Å². The van der Waals surface area contributed by atoms with Gasteiger partial charge in [-0.1, -0.05) is 12.7 Å². The van der Waals surface area contributed by atoms with Crippen molar-refractivity contribution < 1.29 is 14.6 Å². The van der Waals surface area contributed by atoms with Gasteiger partial charge in [0.2, 0.25) is 5.88 Å². The van der Waals surface area contributed by atoms with Crippen LogP contribution in [0.3, 0.4) is 0 Å². The van der Waals surface area contributed by atoms with Crippen molar-refractivity contribution in [3.8, 4) is 5.88 Å². The van der Waals surface area contributed by atoms with E-state index in [1.165, 1.54) is 0 Å². The molecule has 90 valence electrons. The summed E-state index contributed by atoms with van der Waals surface area (Å²) in [5.41, 5.74) is 0.811. The van der Waals surface area contributed by atoms with Gasteiger partial charge in [-0.25, -0.2) is 4.98 Å². The van der Waals surface area contributed by atoms with Gasteiger partial charge in [-0.2, -0.15) is 0 Å². The lowest BCUT2D eigenvalue weighted by molar-refractivity contribution is -0.139. The summed E-state index contributed by atoms with van der Waals surface area (Å²) in [5, 5.41) is 11.7. The van der Waals surface area contributed by atoms with E-state index in [0.717, 1.165) is 5.56 Å². The Kier molecular flexibility index (Phi) is 3.39. The molecule has 0 amide bonds. The second-order valence-electron chi connectivity index (χ2n) is 3.88. The minimum Gasteiger partial charge on any atom is -0.480 e. The number of hydrogen-bond acceptors (Lipinski definition) is 4. The van der Waals surface area contributed by atoms with Gasteiger partial charge in [0.15, 0.2) is 0 Å². The Balaban J connectivity index is 2.02. The molecule has 2 heterocycles. The molecule has 0 spiro atoms. The van der Waals surface area contributed by atoms with E-state index in [2.05, 4.69) is 16.9 Å². The van der Waals surface area contributed by atoms with Crippen LogP contribution in [0.2, 0.25) is 0 Å². The first-order valence-corrected chi connectivity index (χ1v) is 5.41. The van der Waals surface area contributed by atoms with E-state index in [9.17, 15) is 4.79 Å². The first-order valence-electron chi connectivity index (χ1n) is 5.41. The number of aliphatic carboxylic acids is 1. The van der Waals surface area contributed by atoms with Crippen LogP contribution in [-0.2, 0) is 4.79 Å². The van der Waals surface area contributed by atoms with Gasteiger partial charge in [-0.15, -0.1) is 0 Å². The number of aromatic nitrogens is 1. The third-order valence-corrected chi connectivity index (χ3v) is 2.69. The number of nitrogens with zero attached hydrogens (tertiary/aromatic N) is 1. The highest BCUT2D eigenvalue weighted by molar-refractivity contribution is 5.73. The largest absolute Gasteiger partial charge is 0.480 e. The summed E-state index contributed by atoms with van der Waals surface area (Å²) in [4.78, 5) is 14.9. The Bertz CT molecular complexity index is 434. The van der Waals surface area contributed by atoms with Crippen molar-refractivity contribution in [2.45, 2.75) is 18.6 Å². The molecule has 1 aromatic rings. The molecule has 5 heteroatoms. The van der Waals surface area contributed by atoms with Gasteiger partial charge in [-0.05, 0) is 12.1 Å². The van der Waals surface area contributed by atoms with Gasteiger partial charge in [0, 0.05) is 24.7 Å². The molecule has 0 aromatic carbocycles. The molecular formula is C12H14N2O3. The number of hydrogen-bond donors (Lipinski definition) is 2. The first kappa shape index (κ1) is 11.6. The maximum atomic E-state index is 10.8. The van der Waals surface area contributed by atoms with E-state index in [0.29, 0.717) is 18.8 Å². The summed E-state index contributed by atoms with van der Waals surface area (Å²) < 4.78 is 5.67. The molecule has 17 heavy (non-hydrogen) atoms. The second kappa shape index (κ2) is 4.97. The summed E-state index contributed by atoms with van der Waals surface area (Å²) in [6.07, 6.45) is 3.59. The SMILES string of the molecule is C=Cc1cccnc1O[C@H]1CN[C@H](C(=O)O)C1. The lowest BCUT2D eigenvalue weighted by Gasteiger charge is -2.13. The summed E-state index contributed by atoms with van der Waals surface area (Å²) in [6, 6.07) is 3.12. The van der Waals surface area contributed by atoms with E-state index < -0.39 is 12.0 Å². The maximum absolute atomic E-state index is 10.8. The lowest BCUT2D eigenvalue weighted by atomic mass is 10.2. The predicted octanol–water partition coefficient (Wildman–Crippen LogP) is 0.918. The van der Waals surface area contributed by atoms with Gasteiger partial charge >= 0.3 is 5.97 Å². The van der Waals surface area contributed by atoms with Crippen molar-refractivity contribution in [3.63, 3.8) is 0 Å². The zero-order valence-corrected chi connectivity index (χ0v) is 9.30. The number of nitrogens with one attached hydrogen (secondary N) is 1. The van der Waals surface area contributed by atoms with E-state index in [-0.39, 0.29) is 6.10 Å². The molecular weight excluding hydrogens is 220 g/mol. The molecule has 0 saturated carbocycles. The molecule has 2 N–H and O–H groups in total. The van der Waals surface area contributed by atoms with E-state index >= 15 is 0 Å². The Morgan fingerprint density at radius 1 is 1.71 bits per heavy atom. The van der Waals surface area contributed by atoms with Crippen molar-refractivity contribution >= 4 is 12.0 Å². The molecule has 1 saturated heterocycles. The fourth-order valence-electron chi connectivity index (χ4n) is 1.80. The zero-order chi connectivity index (χ0) is 12.3. The summed E-state index contributed by atoms with van der Waals surface area (Å²) in [7, 11) is 0. The van der Waals surface area contributed by atoms with Crippen LogP contribution in [-0.4, -0.2) is 34.8 Å². The van der Waals surface area contributed by atoms with Crippen LogP contribution in [0.25, 0.3) is 6.08 Å². The highest BCUT2D eigenvalue weighted by Gasteiger charge is 2.30. The topological polar surface area (TPSA) is 71.5 Å². The molecule has 0 bridgehead atoms. The number of pyridine rings is 1. The monoisotopic (exact) mass is 234 g/mol. The highest BCUT2D eigenvalue weighted by Crippen LogP contribution is 2.20. The highest BCUT2D eigenvalue weighted by atomic mass is 16.5. The molecule has 2 atom stereocenters. The molecule has 1 aliphatic heterocycles. The van der Waals surface area contributed by atoms with E-state index in [4.69, 9.17) is 9.84 Å². The van der Waals surface area contributed by atoms with Crippen molar-refractivity contribution in [2.75, 3.05) is 6.54 Å².